The number of rotatable bonds is 4. The zero-order chi connectivity index (χ0) is 21.1. The topological polar surface area (TPSA) is 47.4 Å². The summed E-state index contributed by atoms with van der Waals surface area (Å²) in [5, 5.41) is 0. The van der Waals surface area contributed by atoms with Gasteiger partial charge in [0.25, 0.3) is 5.91 Å². The quantitative estimate of drug-likeness (QED) is 0.627. The number of ether oxygens (including phenoxy) is 1. The number of carbonyl (C=O) groups is 1. The third-order valence-corrected chi connectivity index (χ3v) is 5.10. The molecule has 4 rings (SSSR count). The van der Waals surface area contributed by atoms with Gasteiger partial charge in [0.2, 0.25) is 5.88 Å². The van der Waals surface area contributed by atoms with Gasteiger partial charge in [0, 0.05) is 61.8 Å². The molecule has 1 amide bonds. The summed E-state index contributed by atoms with van der Waals surface area (Å²) in [5.74, 6) is 0.119. The Labute approximate surface area is 171 Å². The first-order chi connectivity index (χ1) is 14.4. The second kappa shape index (κ2) is 8.22. The van der Waals surface area contributed by atoms with E-state index in [4.69, 9.17) is 4.74 Å². The van der Waals surface area contributed by atoms with E-state index >= 15 is 0 Å². The Morgan fingerprint density at radius 2 is 1.67 bits per heavy atom. The highest BCUT2D eigenvalue weighted by atomic mass is 19.4. The molecule has 156 valence electrons. The minimum absolute atomic E-state index is 0.0415. The van der Waals surface area contributed by atoms with Gasteiger partial charge in [-0.25, -0.2) is 4.98 Å². The van der Waals surface area contributed by atoms with Crippen molar-refractivity contribution in [1.29, 1.82) is 0 Å². The summed E-state index contributed by atoms with van der Waals surface area (Å²) in [7, 11) is 0. The van der Waals surface area contributed by atoms with Crippen LogP contribution in [0.15, 0.2) is 67.1 Å². The predicted octanol–water partition coefficient (Wildman–Crippen LogP) is 4.57. The van der Waals surface area contributed by atoms with Crippen LogP contribution in [-0.2, 0) is 6.18 Å². The fraction of sp³-hybridized carbons (Fsp3) is 0.273. The molecule has 0 radical (unpaired) electrons. The molecule has 1 aliphatic heterocycles. The molecule has 0 spiro atoms. The average Bonchev–Trinajstić information content (AvgIpc) is 3.29. The van der Waals surface area contributed by atoms with Crippen LogP contribution in [0.2, 0.25) is 0 Å². The summed E-state index contributed by atoms with van der Waals surface area (Å²) in [6, 6.07) is 13.5. The van der Waals surface area contributed by atoms with E-state index in [0.29, 0.717) is 31.5 Å². The summed E-state index contributed by atoms with van der Waals surface area (Å²) in [5.41, 5.74) is 0.792. The van der Waals surface area contributed by atoms with Crippen molar-refractivity contribution in [3.63, 3.8) is 0 Å². The third-order valence-electron chi connectivity index (χ3n) is 5.10. The molecule has 0 bridgehead atoms. The van der Waals surface area contributed by atoms with Crippen molar-refractivity contribution < 1.29 is 22.7 Å². The lowest BCUT2D eigenvalue weighted by Gasteiger charge is -2.32. The van der Waals surface area contributed by atoms with Gasteiger partial charge in [-0.2, -0.15) is 13.2 Å². The van der Waals surface area contributed by atoms with Crippen LogP contribution in [0.1, 0.15) is 28.8 Å². The molecule has 5 nitrogen and oxygen atoms in total. The van der Waals surface area contributed by atoms with Crippen LogP contribution in [-0.4, -0.2) is 39.6 Å². The number of aromatic nitrogens is 2. The maximum absolute atomic E-state index is 12.8. The van der Waals surface area contributed by atoms with Gasteiger partial charge in [0.05, 0.1) is 5.56 Å². The van der Waals surface area contributed by atoms with Crippen LogP contribution in [0.5, 0.6) is 5.88 Å². The van der Waals surface area contributed by atoms with Gasteiger partial charge in [-0.15, -0.1) is 0 Å². The molecule has 30 heavy (non-hydrogen) atoms. The molecule has 0 saturated carbocycles. The third kappa shape index (κ3) is 4.48. The highest BCUT2D eigenvalue weighted by molar-refractivity contribution is 5.94. The first kappa shape index (κ1) is 20.0. The first-order valence-electron chi connectivity index (χ1n) is 9.63. The monoisotopic (exact) mass is 415 g/mol. The highest BCUT2D eigenvalue weighted by Crippen LogP contribution is 2.29. The molecule has 1 saturated heterocycles. The van der Waals surface area contributed by atoms with E-state index in [0.717, 1.165) is 18.0 Å². The number of alkyl halides is 3. The summed E-state index contributed by atoms with van der Waals surface area (Å²) < 4.78 is 45.5. The molecule has 0 atom stereocenters. The van der Waals surface area contributed by atoms with Gasteiger partial charge in [-0.1, -0.05) is 0 Å². The molecule has 8 heteroatoms. The van der Waals surface area contributed by atoms with Crippen LogP contribution < -0.4 is 4.74 Å². The fourth-order valence-corrected chi connectivity index (χ4v) is 3.43. The molecule has 3 aromatic rings. The Bertz CT molecular complexity index is 976. The number of carbonyl (C=O) groups excluding carboxylic acids is 1. The van der Waals surface area contributed by atoms with E-state index in [-0.39, 0.29) is 17.9 Å². The average molecular weight is 415 g/mol. The van der Waals surface area contributed by atoms with E-state index in [1.165, 1.54) is 6.07 Å². The van der Waals surface area contributed by atoms with Crippen molar-refractivity contribution in [2.24, 2.45) is 0 Å². The predicted molar refractivity (Wildman–Crippen MR) is 105 cm³/mol. The van der Waals surface area contributed by atoms with Gasteiger partial charge < -0.3 is 14.2 Å². The number of likely N-dealkylation sites (tertiary alicyclic amines) is 1. The van der Waals surface area contributed by atoms with Crippen LogP contribution in [0, 0.1) is 0 Å². The molecule has 0 aliphatic carbocycles. The second-order valence-corrected chi connectivity index (χ2v) is 7.13. The zero-order valence-corrected chi connectivity index (χ0v) is 16.0. The molecule has 2 aromatic heterocycles. The summed E-state index contributed by atoms with van der Waals surface area (Å²) in [6.07, 6.45) is 1.23. The lowest BCUT2D eigenvalue weighted by atomic mass is 10.1. The van der Waals surface area contributed by atoms with Crippen molar-refractivity contribution >= 4 is 5.91 Å². The maximum atomic E-state index is 12.8. The van der Waals surface area contributed by atoms with Crippen molar-refractivity contribution in [1.82, 2.24) is 14.5 Å². The minimum atomic E-state index is -4.42. The molecular formula is C22H20F3N3O2. The van der Waals surface area contributed by atoms with Crippen molar-refractivity contribution in [3.05, 3.63) is 78.2 Å². The van der Waals surface area contributed by atoms with Crippen LogP contribution >= 0.6 is 0 Å². The molecule has 1 aliphatic rings. The van der Waals surface area contributed by atoms with Crippen molar-refractivity contribution in [3.8, 4) is 11.6 Å². The number of hydrogen-bond acceptors (Lipinski definition) is 3. The van der Waals surface area contributed by atoms with E-state index in [1.54, 1.807) is 4.90 Å². The summed E-state index contributed by atoms with van der Waals surface area (Å²) in [6.45, 7) is 1.03. The number of nitrogens with zero attached hydrogens (tertiary/aromatic N) is 3. The van der Waals surface area contributed by atoms with Crippen molar-refractivity contribution in [2.45, 2.75) is 25.1 Å². The summed E-state index contributed by atoms with van der Waals surface area (Å²) >= 11 is 0. The smallest absolute Gasteiger partial charge is 0.417 e. The summed E-state index contributed by atoms with van der Waals surface area (Å²) in [4.78, 5) is 18.3. The van der Waals surface area contributed by atoms with Gasteiger partial charge >= 0.3 is 6.18 Å². The number of piperidine rings is 1. The molecular weight excluding hydrogens is 395 g/mol. The van der Waals surface area contributed by atoms with E-state index in [1.807, 2.05) is 53.4 Å². The van der Waals surface area contributed by atoms with Gasteiger partial charge in [-0.05, 0) is 42.5 Å². The second-order valence-electron chi connectivity index (χ2n) is 7.13. The van der Waals surface area contributed by atoms with Crippen LogP contribution in [0.3, 0.4) is 0 Å². The number of halogens is 3. The van der Waals surface area contributed by atoms with Gasteiger partial charge in [0.1, 0.15) is 6.10 Å². The van der Waals surface area contributed by atoms with E-state index in [9.17, 15) is 18.0 Å². The van der Waals surface area contributed by atoms with Gasteiger partial charge in [0.15, 0.2) is 0 Å². The number of amides is 1. The normalized spacial score (nSPS) is 15.2. The number of hydrogen-bond donors (Lipinski definition) is 0. The van der Waals surface area contributed by atoms with Crippen LogP contribution in [0.4, 0.5) is 13.2 Å². The van der Waals surface area contributed by atoms with E-state index in [2.05, 4.69) is 4.98 Å². The number of pyridine rings is 1. The van der Waals surface area contributed by atoms with Gasteiger partial charge in [-0.3, -0.25) is 4.79 Å². The minimum Gasteiger partial charge on any atom is -0.474 e. The largest absolute Gasteiger partial charge is 0.474 e. The molecule has 1 fully saturated rings. The maximum Gasteiger partial charge on any atom is 0.417 e. The van der Waals surface area contributed by atoms with Crippen LogP contribution in [0.25, 0.3) is 5.69 Å². The Balaban J connectivity index is 1.31. The highest BCUT2D eigenvalue weighted by Gasteiger charge is 2.31. The zero-order valence-electron chi connectivity index (χ0n) is 16.0. The molecule has 0 unspecified atom stereocenters. The Kier molecular flexibility index (Phi) is 5.48. The molecule has 0 N–H and O–H groups in total. The Hall–Kier alpha value is -3.29. The standard InChI is InChI=1S/C22H20F3N3O2/c23-22(24,25)17-5-8-20(26-15-17)30-19-9-13-28(14-10-19)21(29)16-3-6-18(7-4-16)27-11-1-2-12-27/h1-8,11-12,15,19H,9-10,13-14H2. The SMILES string of the molecule is O=C(c1ccc(-n2cccc2)cc1)N1CCC(Oc2ccc(C(F)(F)F)cn2)CC1. The first-order valence-corrected chi connectivity index (χ1v) is 9.63. The Morgan fingerprint density at radius 3 is 2.23 bits per heavy atom. The number of benzene rings is 1. The molecule has 3 heterocycles. The van der Waals surface area contributed by atoms with E-state index < -0.39 is 11.7 Å². The lowest BCUT2D eigenvalue weighted by Crippen LogP contribution is -2.41. The fourth-order valence-electron chi connectivity index (χ4n) is 3.43. The Morgan fingerprint density at radius 1 is 1.00 bits per heavy atom. The molecule has 1 aromatic carbocycles. The van der Waals surface area contributed by atoms with Crippen molar-refractivity contribution in [2.75, 3.05) is 13.1 Å². The lowest BCUT2D eigenvalue weighted by molar-refractivity contribution is -0.137.